The Morgan fingerprint density at radius 2 is 2.11 bits per heavy atom. The van der Waals surface area contributed by atoms with E-state index >= 15 is 0 Å². The Kier molecular flexibility index (Phi) is 5.37. The van der Waals surface area contributed by atoms with Crippen molar-refractivity contribution in [2.24, 2.45) is 0 Å². The third-order valence-corrected chi connectivity index (χ3v) is 5.27. The molecular formula is C12H17BrN2O3S. The molecule has 3 N–H and O–H groups in total. The number of benzene rings is 1. The predicted octanol–water partition coefficient (Wildman–Crippen LogP) is 1.72. The molecule has 0 radical (unpaired) electrons. The number of amides is 1. The minimum Gasteiger partial charge on any atom is -0.398 e. The molecule has 106 valence electrons. The van der Waals surface area contributed by atoms with Gasteiger partial charge < -0.3 is 11.1 Å². The van der Waals surface area contributed by atoms with Gasteiger partial charge >= 0.3 is 0 Å². The van der Waals surface area contributed by atoms with Crippen molar-refractivity contribution in [2.75, 3.05) is 12.3 Å². The average Bonchev–Trinajstić information content (AvgIpc) is 2.37. The lowest BCUT2D eigenvalue weighted by atomic mass is 10.3. The number of carbonyl (C=O) groups excluding carboxylic acids is 1. The highest BCUT2D eigenvalue weighted by Crippen LogP contribution is 2.26. The molecule has 0 spiro atoms. The number of carbonyl (C=O) groups is 1. The fourth-order valence-corrected chi connectivity index (χ4v) is 3.42. The number of halogens is 1. The van der Waals surface area contributed by atoms with Crippen LogP contribution in [0, 0.1) is 0 Å². The standard InChI is InChI=1S/C12H17BrN2O3S/c1-3-6-15-12(16)8(2)19(17,18)11-7-9(13)4-5-10(11)14/h4-5,7-8H,3,6,14H2,1-2H3,(H,15,16). The van der Waals surface area contributed by atoms with E-state index in [4.69, 9.17) is 5.73 Å². The van der Waals surface area contributed by atoms with Crippen LogP contribution in [0.5, 0.6) is 0 Å². The monoisotopic (exact) mass is 348 g/mol. The van der Waals surface area contributed by atoms with Gasteiger partial charge in [0.2, 0.25) is 5.91 Å². The first-order valence-corrected chi connectivity index (χ1v) is 8.21. The highest BCUT2D eigenvalue weighted by atomic mass is 79.9. The van der Waals surface area contributed by atoms with Crippen LogP contribution in [0.4, 0.5) is 5.69 Å². The molecule has 7 heteroatoms. The molecule has 0 aliphatic heterocycles. The number of anilines is 1. The Morgan fingerprint density at radius 3 is 2.68 bits per heavy atom. The van der Waals surface area contributed by atoms with Crippen LogP contribution >= 0.6 is 15.9 Å². The molecule has 1 unspecified atom stereocenters. The van der Waals surface area contributed by atoms with Gasteiger partial charge in [-0.05, 0) is 31.5 Å². The van der Waals surface area contributed by atoms with Gasteiger partial charge in [-0.3, -0.25) is 4.79 Å². The first-order valence-electron chi connectivity index (χ1n) is 5.87. The van der Waals surface area contributed by atoms with Crippen LogP contribution in [0.15, 0.2) is 27.6 Å². The normalized spacial score (nSPS) is 13.0. The summed E-state index contributed by atoms with van der Waals surface area (Å²) in [6, 6.07) is 4.55. The highest BCUT2D eigenvalue weighted by Gasteiger charge is 2.31. The van der Waals surface area contributed by atoms with Crippen LogP contribution in [-0.2, 0) is 14.6 Å². The van der Waals surface area contributed by atoms with Crippen molar-refractivity contribution in [1.82, 2.24) is 5.32 Å². The zero-order chi connectivity index (χ0) is 14.6. The third-order valence-electron chi connectivity index (χ3n) is 2.67. The second kappa shape index (κ2) is 6.38. The largest absolute Gasteiger partial charge is 0.398 e. The summed E-state index contributed by atoms with van der Waals surface area (Å²) >= 11 is 3.20. The van der Waals surface area contributed by atoms with Crippen LogP contribution in [-0.4, -0.2) is 26.1 Å². The summed E-state index contributed by atoms with van der Waals surface area (Å²) in [6.45, 7) is 3.71. The summed E-state index contributed by atoms with van der Waals surface area (Å²) in [5.41, 5.74) is 5.82. The molecule has 0 aromatic heterocycles. The summed E-state index contributed by atoms with van der Waals surface area (Å²) in [5.74, 6) is -0.513. The Bertz CT molecular complexity index is 572. The van der Waals surface area contributed by atoms with E-state index in [9.17, 15) is 13.2 Å². The van der Waals surface area contributed by atoms with E-state index in [0.29, 0.717) is 11.0 Å². The number of nitrogens with one attached hydrogen (secondary N) is 1. The lowest BCUT2D eigenvalue weighted by molar-refractivity contribution is -0.120. The number of rotatable bonds is 5. The second-order valence-electron chi connectivity index (χ2n) is 4.16. The van der Waals surface area contributed by atoms with Gasteiger partial charge in [-0.1, -0.05) is 22.9 Å². The van der Waals surface area contributed by atoms with E-state index < -0.39 is 21.0 Å². The van der Waals surface area contributed by atoms with Crippen LogP contribution in [0.3, 0.4) is 0 Å². The number of hydrogen-bond acceptors (Lipinski definition) is 4. The minimum absolute atomic E-state index is 0.0268. The molecule has 19 heavy (non-hydrogen) atoms. The van der Waals surface area contributed by atoms with Gasteiger partial charge in [0.05, 0.1) is 10.6 Å². The number of nitrogen functional groups attached to an aromatic ring is 1. The first-order chi connectivity index (χ1) is 8.80. The second-order valence-corrected chi connectivity index (χ2v) is 7.31. The predicted molar refractivity (Wildman–Crippen MR) is 78.5 cm³/mol. The molecule has 0 bridgehead atoms. The van der Waals surface area contributed by atoms with Gasteiger partial charge in [0, 0.05) is 11.0 Å². The summed E-state index contributed by atoms with van der Waals surface area (Å²) in [4.78, 5) is 11.7. The SMILES string of the molecule is CCCNC(=O)C(C)S(=O)(=O)c1cc(Br)ccc1N. The summed E-state index contributed by atoms with van der Waals surface area (Å²) < 4.78 is 25.3. The highest BCUT2D eigenvalue weighted by molar-refractivity contribution is 9.10. The van der Waals surface area contributed by atoms with Crippen LogP contribution in [0.2, 0.25) is 0 Å². The van der Waals surface area contributed by atoms with Gasteiger partial charge in [0.15, 0.2) is 9.84 Å². The molecule has 1 aromatic rings. The molecule has 1 atom stereocenters. The zero-order valence-electron chi connectivity index (χ0n) is 10.8. The molecule has 0 aliphatic rings. The van der Waals surface area contributed by atoms with Crippen LogP contribution < -0.4 is 11.1 Å². The van der Waals surface area contributed by atoms with E-state index in [2.05, 4.69) is 21.2 Å². The zero-order valence-corrected chi connectivity index (χ0v) is 13.2. The van der Waals surface area contributed by atoms with Crippen molar-refractivity contribution in [3.8, 4) is 0 Å². The average molecular weight is 349 g/mol. The summed E-state index contributed by atoms with van der Waals surface area (Å²) in [7, 11) is -3.79. The number of sulfone groups is 1. The van der Waals surface area contributed by atoms with Gasteiger partial charge in [0.25, 0.3) is 0 Å². The van der Waals surface area contributed by atoms with E-state index in [0.717, 1.165) is 6.42 Å². The molecule has 1 rings (SSSR count). The Balaban J connectivity index is 3.09. The van der Waals surface area contributed by atoms with Gasteiger partial charge in [0.1, 0.15) is 5.25 Å². The molecule has 0 fully saturated rings. The minimum atomic E-state index is -3.79. The van der Waals surface area contributed by atoms with Crippen molar-refractivity contribution in [3.63, 3.8) is 0 Å². The molecule has 1 amide bonds. The first kappa shape index (κ1) is 16.0. The van der Waals surface area contributed by atoms with E-state index in [1.54, 1.807) is 6.07 Å². The number of hydrogen-bond donors (Lipinski definition) is 2. The molecule has 0 heterocycles. The Labute approximate surface area is 121 Å². The Morgan fingerprint density at radius 1 is 1.47 bits per heavy atom. The molecule has 1 aromatic carbocycles. The van der Waals surface area contributed by atoms with E-state index in [-0.39, 0.29) is 10.6 Å². The topological polar surface area (TPSA) is 89.3 Å². The fraction of sp³-hybridized carbons (Fsp3) is 0.417. The van der Waals surface area contributed by atoms with E-state index in [1.807, 2.05) is 6.92 Å². The molecule has 0 saturated heterocycles. The van der Waals surface area contributed by atoms with Crippen LogP contribution in [0.25, 0.3) is 0 Å². The molecule has 0 aliphatic carbocycles. The smallest absolute Gasteiger partial charge is 0.238 e. The summed E-state index contributed by atoms with van der Waals surface area (Å²) in [5, 5.41) is 1.40. The maximum Gasteiger partial charge on any atom is 0.238 e. The molecule has 5 nitrogen and oxygen atoms in total. The van der Waals surface area contributed by atoms with Gasteiger partial charge in [-0.2, -0.15) is 0 Å². The fourth-order valence-electron chi connectivity index (χ4n) is 1.48. The van der Waals surface area contributed by atoms with Crippen molar-refractivity contribution < 1.29 is 13.2 Å². The third kappa shape index (κ3) is 3.70. The van der Waals surface area contributed by atoms with Gasteiger partial charge in [-0.15, -0.1) is 0 Å². The van der Waals surface area contributed by atoms with Gasteiger partial charge in [-0.25, -0.2) is 8.42 Å². The summed E-state index contributed by atoms with van der Waals surface area (Å²) in [6.07, 6.45) is 0.748. The molecule has 0 saturated carbocycles. The maximum absolute atomic E-state index is 12.3. The molecular weight excluding hydrogens is 332 g/mol. The quantitative estimate of drug-likeness (QED) is 0.792. The lowest BCUT2D eigenvalue weighted by Gasteiger charge is -2.14. The van der Waals surface area contributed by atoms with Crippen molar-refractivity contribution in [3.05, 3.63) is 22.7 Å². The van der Waals surface area contributed by atoms with E-state index in [1.165, 1.54) is 19.1 Å². The van der Waals surface area contributed by atoms with Crippen molar-refractivity contribution >= 4 is 37.4 Å². The maximum atomic E-state index is 12.3. The van der Waals surface area contributed by atoms with Crippen molar-refractivity contribution in [2.45, 2.75) is 30.4 Å². The van der Waals surface area contributed by atoms with Crippen LogP contribution in [0.1, 0.15) is 20.3 Å². The number of nitrogens with two attached hydrogens (primary N) is 1. The lowest BCUT2D eigenvalue weighted by Crippen LogP contribution is -2.38. The Hall–Kier alpha value is -1.08. The van der Waals surface area contributed by atoms with Crippen molar-refractivity contribution in [1.29, 1.82) is 0 Å².